The minimum atomic E-state index is 1.08. The number of anilines is 2. The molecule has 1 N–H and O–H groups in total. The number of nitrogens with one attached hydrogen (secondary N) is 1. The lowest BCUT2D eigenvalue weighted by Crippen LogP contribution is -1.95. The molecule has 0 unspecified atom stereocenters. The molecule has 0 atom stereocenters. The number of para-hydroxylation sites is 2. The zero-order chi connectivity index (χ0) is 37.2. The Balaban J connectivity index is 0.946. The molecule has 0 saturated heterocycles. The molecule has 2 aromatic heterocycles. The van der Waals surface area contributed by atoms with Gasteiger partial charge in [0.25, 0.3) is 0 Å². The molecule has 0 saturated carbocycles. The van der Waals surface area contributed by atoms with E-state index in [4.69, 9.17) is 0 Å². The first-order chi connectivity index (χ1) is 27.7. The molecule has 264 valence electrons. The van der Waals surface area contributed by atoms with Crippen molar-refractivity contribution in [2.75, 3.05) is 5.32 Å². The molecule has 0 bridgehead atoms. The lowest BCUT2D eigenvalue weighted by molar-refractivity contribution is 1.18. The summed E-state index contributed by atoms with van der Waals surface area (Å²) in [5.41, 5.74) is 14.2. The van der Waals surface area contributed by atoms with Gasteiger partial charge in [-0.3, -0.25) is 0 Å². The largest absolute Gasteiger partial charge is 0.355 e. The molecule has 56 heavy (non-hydrogen) atoms. The topological polar surface area (TPSA) is 17.0 Å². The third kappa shape index (κ3) is 5.39. The van der Waals surface area contributed by atoms with Crippen molar-refractivity contribution in [2.45, 2.75) is 6.92 Å². The van der Waals surface area contributed by atoms with Gasteiger partial charge >= 0.3 is 0 Å². The van der Waals surface area contributed by atoms with Crippen molar-refractivity contribution in [1.29, 1.82) is 0 Å². The van der Waals surface area contributed by atoms with Crippen LogP contribution in [-0.4, -0.2) is 4.57 Å². The first-order valence-electron chi connectivity index (χ1n) is 19.2. The van der Waals surface area contributed by atoms with Gasteiger partial charge in [-0.05, 0) is 106 Å². The first kappa shape index (κ1) is 32.5. The molecule has 0 aliphatic carbocycles. The standard InChI is InChI=1S/C53H36N2S/c1-34-12-9-22-49-53(34)46-29-26-37(32-50(46)55(49)41-16-3-2-4-17-41)35-13-10-14-39(30-35)42-18-5-7-20-47(42)54-48-21-11-15-40-31-36(24-27-43(40)48)38-25-28-45-44-19-6-8-23-51(44)56-52(45)33-38/h2-33,54H,1H3. The van der Waals surface area contributed by atoms with Crippen LogP contribution >= 0.6 is 11.3 Å². The minimum absolute atomic E-state index is 1.08. The Kier molecular flexibility index (Phi) is 7.61. The smallest absolute Gasteiger partial charge is 0.0547 e. The second kappa shape index (κ2) is 13.1. The molecule has 0 aliphatic rings. The zero-order valence-electron chi connectivity index (χ0n) is 30.8. The third-order valence-electron chi connectivity index (χ3n) is 11.3. The van der Waals surface area contributed by atoms with Gasteiger partial charge in [-0.1, -0.05) is 133 Å². The third-order valence-corrected chi connectivity index (χ3v) is 12.4. The van der Waals surface area contributed by atoms with Crippen molar-refractivity contribution in [2.24, 2.45) is 0 Å². The second-order valence-corrected chi connectivity index (χ2v) is 15.8. The van der Waals surface area contributed by atoms with E-state index >= 15 is 0 Å². The average molecular weight is 733 g/mol. The highest BCUT2D eigenvalue weighted by molar-refractivity contribution is 7.25. The molecule has 0 aliphatic heterocycles. The number of hydrogen-bond acceptors (Lipinski definition) is 2. The van der Waals surface area contributed by atoms with Gasteiger partial charge in [-0.2, -0.15) is 0 Å². The normalized spacial score (nSPS) is 11.7. The maximum Gasteiger partial charge on any atom is 0.0547 e. The van der Waals surface area contributed by atoms with E-state index < -0.39 is 0 Å². The van der Waals surface area contributed by atoms with Crippen LogP contribution in [0.4, 0.5) is 11.4 Å². The number of thiophene rings is 1. The van der Waals surface area contributed by atoms with Gasteiger partial charge in [0.1, 0.15) is 0 Å². The van der Waals surface area contributed by atoms with E-state index in [9.17, 15) is 0 Å². The van der Waals surface area contributed by atoms with Crippen LogP contribution in [0.1, 0.15) is 5.56 Å². The van der Waals surface area contributed by atoms with Gasteiger partial charge in [-0.15, -0.1) is 11.3 Å². The molecule has 11 rings (SSSR count). The van der Waals surface area contributed by atoms with E-state index in [0.717, 1.165) is 16.9 Å². The SMILES string of the molecule is Cc1cccc2c1c1ccc(-c3cccc(-c4ccccc4Nc4cccc5cc(-c6ccc7c(c6)sc6ccccc67)ccc45)c3)cc1n2-c1ccccc1. The Morgan fingerprint density at radius 2 is 1.07 bits per heavy atom. The summed E-state index contributed by atoms with van der Waals surface area (Å²) in [5, 5.41) is 11.5. The molecule has 9 aromatic carbocycles. The van der Waals surface area contributed by atoms with E-state index in [-0.39, 0.29) is 0 Å². The lowest BCUT2D eigenvalue weighted by Gasteiger charge is -2.16. The quantitative estimate of drug-likeness (QED) is 0.180. The zero-order valence-corrected chi connectivity index (χ0v) is 31.6. The van der Waals surface area contributed by atoms with Crippen LogP contribution in [0.15, 0.2) is 194 Å². The minimum Gasteiger partial charge on any atom is -0.355 e. The van der Waals surface area contributed by atoms with Crippen LogP contribution in [0.5, 0.6) is 0 Å². The summed E-state index contributed by atoms with van der Waals surface area (Å²) in [6.07, 6.45) is 0. The highest BCUT2D eigenvalue weighted by atomic mass is 32.1. The van der Waals surface area contributed by atoms with Gasteiger partial charge in [0.2, 0.25) is 0 Å². The molecule has 0 fully saturated rings. The van der Waals surface area contributed by atoms with Crippen LogP contribution in [0.3, 0.4) is 0 Å². The van der Waals surface area contributed by atoms with Crippen LogP contribution < -0.4 is 5.32 Å². The van der Waals surface area contributed by atoms with Crippen molar-refractivity contribution in [3.63, 3.8) is 0 Å². The van der Waals surface area contributed by atoms with Gasteiger partial charge in [0.05, 0.1) is 11.0 Å². The molecule has 2 heterocycles. The molecule has 11 aromatic rings. The van der Waals surface area contributed by atoms with E-state index in [2.05, 4.69) is 211 Å². The van der Waals surface area contributed by atoms with E-state index in [0.29, 0.717) is 0 Å². The molecule has 0 spiro atoms. The highest BCUT2D eigenvalue weighted by Crippen LogP contribution is 2.40. The number of benzene rings is 9. The monoisotopic (exact) mass is 732 g/mol. The fraction of sp³-hybridized carbons (Fsp3) is 0.0189. The van der Waals surface area contributed by atoms with Crippen molar-refractivity contribution >= 4 is 75.5 Å². The number of aryl methyl sites for hydroxylation is 1. The summed E-state index contributed by atoms with van der Waals surface area (Å²) in [6, 6.07) is 70.8. The molecule has 0 amide bonds. The number of hydrogen-bond donors (Lipinski definition) is 1. The Labute approximate surface area is 329 Å². The highest BCUT2D eigenvalue weighted by Gasteiger charge is 2.16. The van der Waals surface area contributed by atoms with Crippen LogP contribution in [0.2, 0.25) is 0 Å². The van der Waals surface area contributed by atoms with Crippen LogP contribution in [0, 0.1) is 6.92 Å². The van der Waals surface area contributed by atoms with Gasteiger partial charge in [0, 0.05) is 59.0 Å². The molecular formula is C53H36N2S. The van der Waals surface area contributed by atoms with Gasteiger partial charge in [-0.25, -0.2) is 0 Å². The lowest BCUT2D eigenvalue weighted by atomic mass is 9.96. The summed E-state index contributed by atoms with van der Waals surface area (Å²) in [7, 11) is 0. The van der Waals surface area contributed by atoms with Crippen molar-refractivity contribution in [3.05, 3.63) is 200 Å². The fourth-order valence-electron chi connectivity index (χ4n) is 8.61. The summed E-state index contributed by atoms with van der Waals surface area (Å²) < 4.78 is 5.06. The van der Waals surface area contributed by atoms with Gasteiger partial charge in [0.15, 0.2) is 0 Å². The molecular weight excluding hydrogens is 697 g/mol. The van der Waals surface area contributed by atoms with E-state index in [1.54, 1.807) is 0 Å². The summed E-state index contributed by atoms with van der Waals surface area (Å²) >= 11 is 1.87. The van der Waals surface area contributed by atoms with Crippen LogP contribution in [0.25, 0.3) is 91.8 Å². The number of rotatable bonds is 6. The Morgan fingerprint density at radius 1 is 0.411 bits per heavy atom. The molecule has 2 nitrogen and oxygen atoms in total. The summed E-state index contributed by atoms with van der Waals surface area (Å²) in [4.78, 5) is 0. The molecule has 3 heteroatoms. The van der Waals surface area contributed by atoms with E-state index in [1.807, 2.05) is 11.3 Å². The number of fused-ring (bicyclic) bond motifs is 7. The van der Waals surface area contributed by atoms with E-state index in [1.165, 1.54) is 91.8 Å². The van der Waals surface area contributed by atoms with Crippen molar-refractivity contribution < 1.29 is 0 Å². The maximum absolute atomic E-state index is 3.84. The van der Waals surface area contributed by atoms with Crippen molar-refractivity contribution in [1.82, 2.24) is 4.57 Å². The Hall–Kier alpha value is -6.94. The second-order valence-electron chi connectivity index (χ2n) is 14.7. The molecule has 0 radical (unpaired) electrons. The number of nitrogens with zero attached hydrogens (tertiary/aromatic N) is 1. The Bertz CT molecular complexity index is 3290. The Morgan fingerprint density at radius 3 is 1.98 bits per heavy atom. The van der Waals surface area contributed by atoms with Crippen LogP contribution in [-0.2, 0) is 0 Å². The predicted molar refractivity (Wildman–Crippen MR) is 242 cm³/mol. The maximum atomic E-state index is 3.84. The summed E-state index contributed by atoms with van der Waals surface area (Å²) in [5.74, 6) is 0. The van der Waals surface area contributed by atoms with Gasteiger partial charge < -0.3 is 9.88 Å². The van der Waals surface area contributed by atoms with Crippen molar-refractivity contribution in [3.8, 4) is 39.1 Å². The summed E-state index contributed by atoms with van der Waals surface area (Å²) in [6.45, 7) is 2.21. The first-order valence-corrected chi connectivity index (χ1v) is 20.0. The average Bonchev–Trinajstić information content (AvgIpc) is 3.80. The predicted octanol–water partition coefficient (Wildman–Crippen LogP) is 15.4. The fourth-order valence-corrected chi connectivity index (χ4v) is 9.76. The number of aromatic nitrogens is 1.